The molecule has 0 bridgehead atoms. The van der Waals surface area contributed by atoms with Gasteiger partial charge in [0.2, 0.25) is 0 Å². The summed E-state index contributed by atoms with van der Waals surface area (Å²) in [5.74, 6) is 4.81. The lowest BCUT2D eigenvalue weighted by Crippen LogP contribution is -2.29. The summed E-state index contributed by atoms with van der Waals surface area (Å²) in [7, 11) is 0. The molecule has 4 heteroatoms. The Labute approximate surface area is 62.1 Å². The first-order valence-electron chi connectivity index (χ1n) is 3.65. The Morgan fingerprint density at radius 1 is 1.20 bits per heavy atom. The van der Waals surface area contributed by atoms with Gasteiger partial charge in [-0.05, 0) is 6.54 Å². The van der Waals surface area contributed by atoms with Gasteiger partial charge < -0.3 is 15.5 Å². The SMILES string of the molecule is CCNCCNCCON. The predicted molar refractivity (Wildman–Crippen MR) is 41.6 cm³/mol. The second-order valence-corrected chi connectivity index (χ2v) is 1.97. The molecule has 4 nitrogen and oxygen atoms in total. The molecule has 0 amide bonds. The Kier molecular flexibility index (Phi) is 8.70. The van der Waals surface area contributed by atoms with Crippen LogP contribution in [-0.4, -0.2) is 32.8 Å². The van der Waals surface area contributed by atoms with Crippen LogP contribution in [0.15, 0.2) is 0 Å². The van der Waals surface area contributed by atoms with Crippen LogP contribution in [0.2, 0.25) is 0 Å². The van der Waals surface area contributed by atoms with Crippen molar-refractivity contribution in [2.75, 3.05) is 32.8 Å². The Bertz CT molecular complexity index is 53.0. The van der Waals surface area contributed by atoms with E-state index in [1.165, 1.54) is 0 Å². The molecule has 0 atom stereocenters. The van der Waals surface area contributed by atoms with Crippen molar-refractivity contribution in [2.45, 2.75) is 6.92 Å². The molecule has 0 rings (SSSR count). The number of hydrogen-bond acceptors (Lipinski definition) is 4. The zero-order valence-electron chi connectivity index (χ0n) is 6.52. The van der Waals surface area contributed by atoms with Crippen LogP contribution in [0.5, 0.6) is 0 Å². The maximum absolute atomic E-state index is 4.81. The van der Waals surface area contributed by atoms with Crippen molar-refractivity contribution in [1.29, 1.82) is 0 Å². The lowest BCUT2D eigenvalue weighted by molar-refractivity contribution is 0.140. The number of likely N-dealkylation sites (N-methyl/N-ethyl adjacent to an activating group) is 1. The highest BCUT2D eigenvalue weighted by atomic mass is 16.6. The Morgan fingerprint density at radius 3 is 2.50 bits per heavy atom. The maximum Gasteiger partial charge on any atom is 0.0803 e. The summed E-state index contributed by atoms with van der Waals surface area (Å²) in [5.41, 5.74) is 0. The molecule has 4 N–H and O–H groups in total. The summed E-state index contributed by atoms with van der Waals surface area (Å²) in [4.78, 5) is 4.37. The lowest BCUT2D eigenvalue weighted by Gasteiger charge is -2.02. The molecule has 0 aliphatic heterocycles. The zero-order chi connectivity index (χ0) is 7.66. The quantitative estimate of drug-likeness (QED) is 0.322. The van der Waals surface area contributed by atoms with Crippen LogP contribution in [0.4, 0.5) is 0 Å². The van der Waals surface area contributed by atoms with Crippen LogP contribution in [0.25, 0.3) is 0 Å². The van der Waals surface area contributed by atoms with Crippen LogP contribution in [0.1, 0.15) is 6.92 Å². The van der Waals surface area contributed by atoms with Gasteiger partial charge in [0, 0.05) is 19.6 Å². The Morgan fingerprint density at radius 2 is 1.90 bits per heavy atom. The second-order valence-electron chi connectivity index (χ2n) is 1.97. The van der Waals surface area contributed by atoms with E-state index in [0.29, 0.717) is 6.61 Å². The first-order chi connectivity index (χ1) is 4.91. The summed E-state index contributed by atoms with van der Waals surface area (Å²) < 4.78 is 0. The maximum atomic E-state index is 4.81. The molecule has 0 aromatic rings. The molecular weight excluding hydrogens is 130 g/mol. The molecule has 0 saturated heterocycles. The molecule has 0 spiro atoms. The molecule has 0 fully saturated rings. The van der Waals surface area contributed by atoms with E-state index in [1.54, 1.807) is 0 Å². The highest BCUT2D eigenvalue weighted by Gasteiger charge is 1.84. The molecule has 0 radical (unpaired) electrons. The average molecular weight is 147 g/mol. The molecule has 10 heavy (non-hydrogen) atoms. The van der Waals surface area contributed by atoms with Crippen molar-refractivity contribution in [3.8, 4) is 0 Å². The lowest BCUT2D eigenvalue weighted by atomic mass is 10.5. The molecule has 0 aromatic carbocycles. The minimum Gasteiger partial charge on any atom is -0.316 e. The smallest absolute Gasteiger partial charge is 0.0803 e. The Balaban J connectivity index is 2.65. The number of nitrogens with one attached hydrogen (secondary N) is 2. The minimum absolute atomic E-state index is 0.576. The van der Waals surface area contributed by atoms with Gasteiger partial charge in [0.05, 0.1) is 6.61 Å². The van der Waals surface area contributed by atoms with Crippen molar-refractivity contribution >= 4 is 0 Å². The standard InChI is InChI=1S/C6H17N3O/c1-2-8-3-4-9-5-6-10-7/h8-9H,2-7H2,1H3. The highest BCUT2D eigenvalue weighted by molar-refractivity contribution is 4.48. The topological polar surface area (TPSA) is 59.3 Å². The van der Waals surface area contributed by atoms with E-state index in [1.807, 2.05) is 0 Å². The number of hydrogen-bond donors (Lipinski definition) is 3. The van der Waals surface area contributed by atoms with E-state index < -0.39 is 0 Å². The first-order valence-corrected chi connectivity index (χ1v) is 3.65. The van der Waals surface area contributed by atoms with Crippen molar-refractivity contribution in [3.63, 3.8) is 0 Å². The van der Waals surface area contributed by atoms with Crippen molar-refractivity contribution in [3.05, 3.63) is 0 Å². The summed E-state index contributed by atoms with van der Waals surface area (Å²) in [5, 5.41) is 6.34. The molecule has 0 saturated carbocycles. The zero-order valence-corrected chi connectivity index (χ0v) is 6.52. The van der Waals surface area contributed by atoms with E-state index in [9.17, 15) is 0 Å². The number of rotatable bonds is 7. The second kappa shape index (κ2) is 8.84. The first kappa shape index (κ1) is 9.84. The fraction of sp³-hybridized carbons (Fsp3) is 1.00. The van der Waals surface area contributed by atoms with Gasteiger partial charge >= 0.3 is 0 Å². The van der Waals surface area contributed by atoms with Gasteiger partial charge in [-0.3, -0.25) is 0 Å². The van der Waals surface area contributed by atoms with Gasteiger partial charge in [-0.2, -0.15) is 0 Å². The third kappa shape index (κ3) is 7.84. The van der Waals surface area contributed by atoms with Crippen molar-refractivity contribution < 1.29 is 4.84 Å². The van der Waals surface area contributed by atoms with Gasteiger partial charge in [0.1, 0.15) is 0 Å². The molecule has 0 unspecified atom stereocenters. The van der Waals surface area contributed by atoms with E-state index in [2.05, 4.69) is 22.4 Å². The minimum atomic E-state index is 0.576. The van der Waals surface area contributed by atoms with Gasteiger partial charge in [-0.1, -0.05) is 6.92 Å². The summed E-state index contributed by atoms with van der Waals surface area (Å²) in [6.45, 7) is 6.48. The van der Waals surface area contributed by atoms with Gasteiger partial charge in [-0.15, -0.1) is 0 Å². The highest BCUT2D eigenvalue weighted by Crippen LogP contribution is 1.61. The monoisotopic (exact) mass is 147 g/mol. The number of nitrogens with two attached hydrogens (primary N) is 1. The van der Waals surface area contributed by atoms with Gasteiger partial charge in [0.15, 0.2) is 0 Å². The third-order valence-electron chi connectivity index (χ3n) is 1.13. The van der Waals surface area contributed by atoms with E-state index in [4.69, 9.17) is 5.90 Å². The van der Waals surface area contributed by atoms with Crippen LogP contribution in [0.3, 0.4) is 0 Å². The normalized spacial score (nSPS) is 10.2. The van der Waals surface area contributed by atoms with Crippen molar-refractivity contribution in [2.24, 2.45) is 5.90 Å². The Hall–Kier alpha value is -0.160. The molecule has 0 aliphatic rings. The average Bonchev–Trinajstić information content (AvgIpc) is 1.97. The summed E-state index contributed by atoms with van der Waals surface area (Å²) in [6, 6.07) is 0. The molecule has 0 aromatic heterocycles. The molecule has 62 valence electrons. The van der Waals surface area contributed by atoms with Crippen LogP contribution in [0, 0.1) is 0 Å². The molecule has 0 aliphatic carbocycles. The summed E-state index contributed by atoms with van der Waals surface area (Å²) in [6.07, 6.45) is 0. The van der Waals surface area contributed by atoms with Crippen LogP contribution < -0.4 is 16.5 Å². The van der Waals surface area contributed by atoms with Gasteiger partial charge in [-0.25, -0.2) is 5.90 Å². The van der Waals surface area contributed by atoms with Crippen molar-refractivity contribution in [1.82, 2.24) is 10.6 Å². The third-order valence-corrected chi connectivity index (χ3v) is 1.13. The van der Waals surface area contributed by atoms with Crippen LogP contribution in [-0.2, 0) is 4.84 Å². The predicted octanol–water partition coefficient (Wildman–Crippen LogP) is -0.924. The fourth-order valence-corrected chi connectivity index (χ4v) is 0.610. The summed E-state index contributed by atoms with van der Waals surface area (Å²) >= 11 is 0. The van der Waals surface area contributed by atoms with E-state index >= 15 is 0 Å². The van der Waals surface area contributed by atoms with E-state index in [-0.39, 0.29) is 0 Å². The van der Waals surface area contributed by atoms with E-state index in [0.717, 1.165) is 26.2 Å². The largest absolute Gasteiger partial charge is 0.316 e. The molecular formula is C6H17N3O. The molecule has 0 heterocycles. The van der Waals surface area contributed by atoms with Gasteiger partial charge in [0.25, 0.3) is 0 Å². The fourth-order valence-electron chi connectivity index (χ4n) is 0.610. The van der Waals surface area contributed by atoms with Crippen LogP contribution >= 0.6 is 0 Å².